The Labute approximate surface area is 134 Å². The first-order chi connectivity index (χ1) is 10.3. The highest BCUT2D eigenvalue weighted by molar-refractivity contribution is 5.27. The summed E-state index contributed by atoms with van der Waals surface area (Å²) < 4.78 is 6.53. The van der Waals surface area contributed by atoms with Crippen LogP contribution in [0.1, 0.15) is 70.6 Å². The van der Waals surface area contributed by atoms with Gasteiger partial charge < -0.3 is 9.84 Å². The number of fused-ring (bicyclic) bond motifs is 2. The van der Waals surface area contributed by atoms with E-state index in [0.717, 1.165) is 6.42 Å². The van der Waals surface area contributed by atoms with Crippen molar-refractivity contribution in [2.24, 2.45) is 17.8 Å². The molecular formula is C20H30O2. The first-order valence-corrected chi connectivity index (χ1v) is 8.75. The van der Waals surface area contributed by atoms with E-state index in [1.54, 1.807) is 0 Å². The number of hydrogen-bond donors (Lipinski definition) is 1. The maximum Gasteiger partial charge on any atom is 0.0864 e. The third kappa shape index (κ3) is 2.72. The Morgan fingerprint density at radius 1 is 1.14 bits per heavy atom. The van der Waals surface area contributed by atoms with Gasteiger partial charge in [-0.05, 0) is 61.5 Å². The highest BCUT2D eigenvalue weighted by atomic mass is 16.5. The van der Waals surface area contributed by atoms with Gasteiger partial charge in [0.25, 0.3) is 0 Å². The number of aliphatic hydroxyl groups is 1. The van der Waals surface area contributed by atoms with Crippen molar-refractivity contribution < 1.29 is 9.84 Å². The summed E-state index contributed by atoms with van der Waals surface area (Å²) in [6, 6.07) is 8.91. The normalized spacial score (nSPS) is 37.3. The summed E-state index contributed by atoms with van der Waals surface area (Å²) in [7, 11) is 0. The van der Waals surface area contributed by atoms with Crippen LogP contribution in [-0.2, 0) is 4.74 Å². The average Bonchev–Trinajstić information content (AvgIpc) is 2.47. The molecule has 5 atom stereocenters. The van der Waals surface area contributed by atoms with Crippen LogP contribution in [0.15, 0.2) is 24.3 Å². The van der Waals surface area contributed by atoms with E-state index >= 15 is 0 Å². The van der Waals surface area contributed by atoms with Gasteiger partial charge in [-0.3, -0.25) is 0 Å². The zero-order valence-corrected chi connectivity index (χ0v) is 14.5. The van der Waals surface area contributed by atoms with E-state index in [-0.39, 0.29) is 17.8 Å². The van der Waals surface area contributed by atoms with Gasteiger partial charge in [-0.25, -0.2) is 0 Å². The van der Waals surface area contributed by atoms with Gasteiger partial charge in [0.05, 0.1) is 17.8 Å². The molecule has 0 spiro atoms. The second-order valence-electron chi connectivity index (χ2n) is 8.22. The fraction of sp³-hybridized carbons (Fsp3) is 0.700. The van der Waals surface area contributed by atoms with Crippen molar-refractivity contribution in [3.63, 3.8) is 0 Å². The molecule has 2 fully saturated rings. The molecule has 0 radical (unpaired) electrons. The highest BCUT2D eigenvalue weighted by Gasteiger charge is 2.50. The Morgan fingerprint density at radius 3 is 2.36 bits per heavy atom. The molecule has 3 rings (SSSR count). The summed E-state index contributed by atoms with van der Waals surface area (Å²) in [5.74, 6) is 1.75. The monoisotopic (exact) mass is 302 g/mol. The minimum absolute atomic E-state index is 0.109. The second-order valence-corrected chi connectivity index (χ2v) is 8.22. The fourth-order valence-electron chi connectivity index (χ4n) is 4.29. The van der Waals surface area contributed by atoms with Crippen LogP contribution >= 0.6 is 0 Å². The second kappa shape index (κ2) is 5.65. The molecule has 1 aromatic carbocycles. The first kappa shape index (κ1) is 16.0. The molecule has 122 valence electrons. The van der Waals surface area contributed by atoms with Crippen molar-refractivity contribution in [2.45, 2.75) is 71.2 Å². The number of rotatable bonds is 2. The summed E-state index contributed by atoms with van der Waals surface area (Å²) in [4.78, 5) is 0. The third-order valence-corrected chi connectivity index (χ3v) is 6.10. The Hall–Kier alpha value is -0.860. The van der Waals surface area contributed by atoms with Gasteiger partial charge in [0.1, 0.15) is 0 Å². The van der Waals surface area contributed by atoms with E-state index in [0.29, 0.717) is 23.7 Å². The summed E-state index contributed by atoms with van der Waals surface area (Å²) in [5.41, 5.74) is 2.48. The number of ether oxygens (including phenoxy) is 1. The molecule has 22 heavy (non-hydrogen) atoms. The minimum atomic E-state index is -0.190. The lowest BCUT2D eigenvalue weighted by Crippen LogP contribution is -2.52. The van der Waals surface area contributed by atoms with Gasteiger partial charge in [0.15, 0.2) is 0 Å². The number of hydrogen-bond acceptors (Lipinski definition) is 2. The third-order valence-electron chi connectivity index (χ3n) is 6.10. The minimum Gasteiger partial charge on any atom is -0.393 e. The molecule has 1 aliphatic carbocycles. The molecule has 2 nitrogen and oxygen atoms in total. The molecule has 2 heteroatoms. The highest BCUT2D eigenvalue weighted by Crippen LogP contribution is 2.53. The Balaban J connectivity index is 1.91. The summed E-state index contributed by atoms with van der Waals surface area (Å²) >= 11 is 0. The van der Waals surface area contributed by atoms with E-state index in [1.165, 1.54) is 17.5 Å². The van der Waals surface area contributed by atoms with Gasteiger partial charge in [-0.15, -0.1) is 0 Å². The molecule has 0 aromatic heterocycles. The molecule has 0 amide bonds. The molecule has 1 aliphatic heterocycles. The van der Waals surface area contributed by atoms with Crippen LogP contribution in [0.3, 0.4) is 0 Å². The van der Waals surface area contributed by atoms with Crippen molar-refractivity contribution in [2.75, 3.05) is 0 Å². The molecule has 1 N–H and O–H groups in total. The smallest absolute Gasteiger partial charge is 0.0864 e. The lowest BCUT2D eigenvalue weighted by Gasteiger charge is -2.53. The van der Waals surface area contributed by atoms with Crippen LogP contribution in [0.5, 0.6) is 0 Å². The van der Waals surface area contributed by atoms with Crippen LogP contribution in [0, 0.1) is 17.8 Å². The van der Waals surface area contributed by atoms with Crippen molar-refractivity contribution in [3.05, 3.63) is 35.4 Å². The van der Waals surface area contributed by atoms with Crippen molar-refractivity contribution in [1.82, 2.24) is 0 Å². The van der Waals surface area contributed by atoms with Gasteiger partial charge in [-0.1, -0.05) is 45.0 Å². The van der Waals surface area contributed by atoms with E-state index in [9.17, 15) is 5.11 Å². The SMILES string of the molecule is CC(C)c1ccc([C@@H]2OC(C)(C)C3CC2[C@H](C)[C@@H](O)C3)cc1. The molecule has 1 heterocycles. The fourth-order valence-corrected chi connectivity index (χ4v) is 4.29. The topological polar surface area (TPSA) is 29.5 Å². The molecule has 2 unspecified atom stereocenters. The van der Waals surface area contributed by atoms with Crippen LogP contribution in [-0.4, -0.2) is 16.8 Å². The number of aliphatic hydroxyl groups excluding tert-OH is 1. The van der Waals surface area contributed by atoms with E-state index in [1.807, 2.05) is 0 Å². The number of benzene rings is 1. The summed E-state index contributed by atoms with van der Waals surface area (Å²) in [6.07, 6.45) is 1.97. The predicted molar refractivity (Wildman–Crippen MR) is 89.8 cm³/mol. The van der Waals surface area contributed by atoms with E-state index < -0.39 is 0 Å². The van der Waals surface area contributed by atoms with Crippen LogP contribution in [0.4, 0.5) is 0 Å². The largest absolute Gasteiger partial charge is 0.393 e. The average molecular weight is 302 g/mol. The zero-order chi connectivity index (χ0) is 16.1. The molecule has 2 bridgehead atoms. The van der Waals surface area contributed by atoms with Gasteiger partial charge in [0.2, 0.25) is 0 Å². The lowest BCUT2D eigenvalue weighted by atomic mass is 9.63. The maximum absolute atomic E-state index is 10.4. The maximum atomic E-state index is 10.4. The molecule has 1 aromatic rings. The van der Waals surface area contributed by atoms with Crippen molar-refractivity contribution >= 4 is 0 Å². The van der Waals surface area contributed by atoms with Crippen molar-refractivity contribution in [3.8, 4) is 0 Å². The Kier molecular flexibility index (Phi) is 4.11. The lowest BCUT2D eigenvalue weighted by molar-refractivity contribution is -0.215. The van der Waals surface area contributed by atoms with Crippen LogP contribution < -0.4 is 0 Å². The summed E-state index contributed by atoms with van der Waals surface area (Å²) in [5, 5.41) is 10.4. The van der Waals surface area contributed by atoms with Gasteiger partial charge >= 0.3 is 0 Å². The summed E-state index contributed by atoms with van der Waals surface area (Å²) in [6.45, 7) is 11.0. The Morgan fingerprint density at radius 2 is 1.77 bits per heavy atom. The first-order valence-electron chi connectivity index (χ1n) is 8.75. The molecular weight excluding hydrogens is 272 g/mol. The Bertz CT molecular complexity index is 517. The van der Waals surface area contributed by atoms with Crippen molar-refractivity contribution in [1.29, 1.82) is 0 Å². The molecule has 1 saturated carbocycles. The molecule has 1 saturated heterocycles. The van der Waals surface area contributed by atoms with Gasteiger partial charge in [-0.2, -0.15) is 0 Å². The molecule has 2 aliphatic rings. The quantitative estimate of drug-likeness (QED) is 0.859. The predicted octanol–water partition coefficient (Wildman–Crippen LogP) is 4.68. The van der Waals surface area contributed by atoms with Crippen LogP contribution in [0.25, 0.3) is 0 Å². The van der Waals surface area contributed by atoms with E-state index in [2.05, 4.69) is 58.9 Å². The zero-order valence-electron chi connectivity index (χ0n) is 14.5. The standard InChI is InChI=1S/C20H30O2/c1-12(2)14-6-8-15(9-7-14)19-17-10-16(20(4,5)22-19)11-18(21)13(17)3/h6-9,12-13,16-19,21H,10-11H2,1-5H3/t13-,16?,17?,18-,19-/m0/s1. The van der Waals surface area contributed by atoms with Crippen LogP contribution in [0.2, 0.25) is 0 Å². The van der Waals surface area contributed by atoms with E-state index in [4.69, 9.17) is 4.74 Å². The van der Waals surface area contributed by atoms with Gasteiger partial charge in [0, 0.05) is 0 Å².